The van der Waals surface area contributed by atoms with Gasteiger partial charge in [0, 0.05) is 26.2 Å². The largest absolute Gasteiger partial charge is 0.480 e. The number of hydrogen-bond donors (Lipinski definition) is 0. The van der Waals surface area contributed by atoms with Crippen molar-refractivity contribution in [2.45, 2.75) is 13.3 Å². The summed E-state index contributed by atoms with van der Waals surface area (Å²) < 4.78 is 20.3. The predicted octanol–water partition coefficient (Wildman–Crippen LogP) is 2.07. The van der Waals surface area contributed by atoms with Crippen molar-refractivity contribution in [3.63, 3.8) is 0 Å². The molecule has 24 heavy (non-hydrogen) atoms. The summed E-state index contributed by atoms with van der Waals surface area (Å²) in [7, 11) is 1.57. The maximum Gasteiger partial charge on any atom is 0.232 e. The number of methoxy groups -OCH3 is 1. The van der Waals surface area contributed by atoms with Crippen molar-refractivity contribution in [2.75, 3.05) is 43.1 Å². The lowest BCUT2D eigenvalue weighted by Crippen LogP contribution is -2.47. The third kappa shape index (κ3) is 3.26. The molecule has 1 aliphatic rings. The Morgan fingerprint density at radius 3 is 2.54 bits per heavy atom. The van der Waals surface area contributed by atoms with Crippen LogP contribution >= 0.6 is 15.9 Å². The lowest BCUT2D eigenvalue weighted by atomic mass is 10.2. The van der Waals surface area contributed by atoms with Gasteiger partial charge in [0.1, 0.15) is 6.33 Å². The van der Waals surface area contributed by atoms with Gasteiger partial charge in [0.15, 0.2) is 11.6 Å². The molecule has 3 heterocycles. The number of ether oxygens (including phenoxy) is 1. The van der Waals surface area contributed by atoms with E-state index in [2.05, 4.69) is 35.9 Å². The highest BCUT2D eigenvalue weighted by atomic mass is 79.9. The second-order valence-corrected chi connectivity index (χ2v) is 6.17. The average Bonchev–Trinajstić information content (AvgIpc) is 2.62. The summed E-state index contributed by atoms with van der Waals surface area (Å²) in [6, 6.07) is 0. The molecule has 3 rings (SSSR count). The molecule has 0 spiro atoms. The highest BCUT2D eigenvalue weighted by molar-refractivity contribution is 9.10. The Labute approximate surface area is 148 Å². The summed E-state index contributed by atoms with van der Waals surface area (Å²) >= 11 is 3.34. The third-order valence-corrected chi connectivity index (χ3v) is 4.48. The van der Waals surface area contributed by atoms with Crippen LogP contribution in [0.5, 0.6) is 5.88 Å². The molecular weight excluding hydrogens is 379 g/mol. The quantitative estimate of drug-likeness (QED) is 0.783. The van der Waals surface area contributed by atoms with E-state index in [0.29, 0.717) is 60.4 Å². The summed E-state index contributed by atoms with van der Waals surface area (Å²) in [4.78, 5) is 20.8. The van der Waals surface area contributed by atoms with Crippen LogP contribution in [0.15, 0.2) is 17.0 Å². The van der Waals surface area contributed by atoms with Crippen molar-refractivity contribution in [3.8, 4) is 5.88 Å². The van der Waals surface area contributed by atoms with Crippen LogP contribution in [0.25, 0.3) is 0 Å². The number of nitrogens with zero attached hydrogens (tertiary/aromatic N) is 6. The fourth-order valence-corrected chi connectivity index (χ4v) is 2.97. The van der Waals surface area contributed by atoms with Gasteiger partial charge in [-0.1, -0.05) is 6.92 Å². The maximum atomic E-state index is 14.4. The van der Waals surface area contributed by atoms with Crippen LogP contribution < -0.4 is 14.5 Å². The number of rotatable bonds is 4. The molecule has 0 radical (unpaired) electrons. The molecule has 0 aliphatic carbocycles. The van der Waals surface area contributed by atoms with Crippen molar-refractivity contribution < 1.29 is 9.13 Å². The predicted molar refractivity (Wildman–Crippen MR) is 92.1 cm³/mol. The van der Waals surface area contributed by atoms with Crippen LogP contribution in [0, 0.1) is 5.82 Å². The van der Waals surface area contributed by atoms with Crippen LogP contribution in [0.3, 0.4) is 0 Å². The van der Waals surface area contributed by atoms with Gasteiger partial charge in [-0.25, -0.2) is 19.3 Å². The van der Waals surface area contributed by atoms with Gasteiger partial charge in [0.2, 0.25) is 11.8 Å². The van der Waals surface area contributed by atoms with Crippen LogP contribution in [-0.2, 0) is 6.42 Å². The SMILES string of the molecule is CCc1ncnc(N2CCN(c3ncc(Br)c(OC)n3)CC2)c1F. The number of aromatic nitrogens is 4. The lowest BCUT2D eigenvalue weighted by molar-refractivity contribution is 0.393. The molecular formula is C15H18BrFN6O. The zero-order valence-electron chi connectivity index (χ0n) is 13.5. The first-order chi connectivity index (χ1) is 11.6. The van der Waals surface area contributed by atoms with E-state index in [9.17, 15) is 4.39 Å². The summed E-state index contributed by atoms with van der Waals surface area (Å²) in [6.07, 6.45) is 3.64. The van der Waals surface area contributed by atoms with Gasteiger partial charge >= 0.3 is 0 Å². The topological polar surface area (TPSA) is 67.3 Å². The Balaban J connectivity index is 1.72. The molecule has 7 nitrogen and oxygen atoms in total. The summed E-state index contributed by atoms with van der Waals surface area (Å²) in [6.45, 7) is 4.51. The molecule has 0 unspecified atom stereocenters. The van der Waals surface area contributed by atoms with Gasteiger partial charge in [-0.3, -0.25) is 0 Å². The zero-order valence-corrected chi connectivity index (χ0v) is 15.1. The standard InChI is InChI=1S/C15H18BrFN6O/c1-3-11-12(17)13(20-9-19-11)22-4-6-23(7-5-22)15-18-8-10(16)14(21-15)24-2/h8-9H,3-7H2,1-2H3. The van der Waals surface area contributed by atoms with Crippen LogP contribution in [-0.4, -0.2) is 53.2 Å². The normalized spacial score (nSPS) is 14.8. The molecule has 128 valence electrons. The molecule has 0 aromatic carbocycles. The first kappa shape index (κ1) is 16.8. The van der Waals surface area contributed by atoms with Crippen molar-refractivity contribution in [3.05, 3.63) is 28.5 Å². The number of aryl methyl sites for hydroxylation is 1. The summed E-state index contributed by atoms with van der Waals surface area (Å²) in [5.74, 6) is 1.15. The van der Waals surface area contributed by atoms with Crippen molar-refractivity contribution in [2.24, 2.45) is 0 Å². The first-order valence-corrected chi connectivity index (χ1v) is 8.49. The highest BCUT2D eigenvalue weighted by Crippen LogP contribution is 2.25. The van der Waals surface area contributed by atoms with E-state index in [1.54, 1.807) is 13.3 Å². The Morgan fingerprint density at radius 1 is 1.17 bits per heavy atom. The third-order valence-electron chi connectivity index (χ3n) is 3.93. The summed E-state index contributed by atoms with van der Waals surface area (Å²) in [5.41, 5.74) is 0.448. The first-order valence-electron chi connectivity index (χ1n) is 7.69. The second kappa shape index (κ2) is 7.25. The fraction of sp³-hybridized carbons (Fsp3) is 0.467. The molecule has 1 saturated heterocycles. The second-order valence-electron chi connectivity index (χ2n) is 5.31. The van der Waals surface area contributed by atoms with Crippen molar-refractivity contribution in [1.29, 1.82) is 0 Å². The molecule has 2 aromatic heterocycles. The molecule has 2 aromatic rings. The van der Waals surface area contributed by atoms with E-state index < -0.39 is 0 Å². The molecule has 1 aliphatic heterocycles. The highest BCUT2D eigenvalue weighted by Gasteiger charge is 2.24. The van der Waals surface area contributed by atoms with Gasteiger partial charge in [-0.15, -0.1) is 0 Å². The van der Waals surface area contributed by atoms with E-state index in [1.807, 2.05) is 16.7 Å². The molecule has 0 atom stereocenters. The summed E-state index contributed by atoms with van der Waals surface area (Å²) in [5, 5.41) is 0. The minimum absolute atomic E-state index is 0.324. The Kier molecular flexibility index (Phi) is 5.08. The van der Waals surface area contributed by atoms with E-state index in [4.69, 9.17) is 4.74 Å². The molecule has 0 amide bonds. The van der Waals surface area contributed by atoms with Crippen molar-refractivity contribution >= 4 is 27.7 Å². The van der Waals surface area contributed by atoms with Crippen molar-refractivity contribution in [1.82, 2.24) is 19.9 Å². The Hall–Kier alpha value is -2.03. The molecule has 1 fully saturated rings. The van der Waals surface area contributed by atoms with Gasteiger partial charge < -0.3 is 14.5 Å². The van der Waals surface area contributed by atoms with Gasteiger partial charge in [-0.05, 0) is 22.4 Å². The molecule has 0 N–H and O–H groups in total. The molecule has 0 bridgehead atoms. The Bertz CT molecular complexity index is 723. The van der Waals surface area contributed by atoms with E-state index in [-0.39, 0.29) is 5.82 Å². The van der Waals surface area contributed by atoms with E-state index in [0.717, 1.165) is 0 Å². The van der Waals surface area contributed by atoms with Crippen LogP contribution in [0.2, 0.25) is 0 Å². The number of piperazine rings is 1. The van der Waals surface area contributed by atoms with Gasteiger partial charge in [-0.2, -0.15) is 4.98 Å². The van der Waals surface area contributed by atoms with Gasteiger partial charge in [0.25, 0.3) is 0 Å². The van der Waals surface area contributed by atoms with E-state index >= 15 is 0 Å². The Morgan fingerprint density at radius 2 is 1.88 bits per heavy atom. The average molecular weight is 397 g/mol. The minimum atomic E-state index is -0.324. The number of hydrogen-bond acceptors (Lipinski definition) is 7. The lowest BCUT2D eigenvalue weighted by Gasteiger charge is -2.35. The minimum Gasteiger partial charge on any atom is -0.480 e. The van der Waals surface area contributed by atoms with E-state index in [1.165, 1.54) is 6.33 Å². The van der Waals surface area contributed by atoms with Crippen LogP contribution in [0.4, 0.5) is 16.2 Å². The monoisotopic (exact) mass is 396 g/mol. The maximum absolute atomic E-state index is 14.4. The number of halogens is 2. The van der Waals surface area contributed by atoms with Crippen LogP contribution in [0.1, 0.15) is 12.6 Å². The zero-order chi connectivity index (χ0) is 17.1. The molecule has 0 saturated carbocycles. The van der Waals surface area contributed by atoms with Gasteiger partial charge in [0.05, 0.1) is 23.5 Å². The smallest absolute Gasteiger partial charge is 0.232 e. The number of anilines is 2. The molecule has 9 heteroatoms. The fourth-order valence-electron chi connectivity index (χ4n) is 2.62.